The topological polar surface area (TPSA) is 32.7 Å². The molecule has 100 valence electrons. The summed E-state index contributed by atoms with van der Waals surface area (Å²) in [6.07, 6.45) is 9.80. The minimum absolute atomic E-state index is 0.133. The molecule has 1 N–H and O–H groups in total. The zero-order valence-corrected chi connectivity index (χ0v) is 11.1. The van der Waals surface area contributed by atoms with Gasteiger partial charge in [-0.1, -0.05) is 19.3 Å². The van der Waals surface area contributed by atoms with E-state index >= 15 is 0 Å². The van der Waals surface area contributed by atoms with Crippen molar-refractivity contribution < 1.29 is 9.84 Å². The lowest BCUT2D eigenvalue weighted by Crippen LogP contribution is -2.45. The van der Waals surface area contributed by atoms with Crippen LogP contribution in [-0.2, 0) is 4.74 Å². The molecule has 0 aromatic heterocycles. The molecule has 3 unspecified atom stereocenters. The molecule has 0 aromatic rings. The largest absolute Gasteiger partial charge is 0.391 e. The van der Waals surface area contributed by atoms with Gasteiger partial charge in [0.2, 0.25) is 0 Å². The van der Waals surface area contributed by atoms with Crippen LogP contribution >= 0.6 is 0 Å². The second-order valence-corrected chi connectivity index (χ2v) is 5.70. The molecule has 17 heavy (non-hydrogen) atoms. The molecule has 3 heteroatoms. The van der Waals surface area contributed by atoms with Gasteiger partial charge >= 0.3 is 0 Å². The Kier molecular flexibility index (Phi) is 5.26. The van der Waals surface area contributed by atoms with Crippen LogP contribution in [0.15, 0.2) is 0 Å². The van der Waals surface area contributed by atoms with Gasteiger partial charge in [-0.15, -0.1) is 0 Å². The molecule has 0 spiro atoms. The Labute approximate surface area is 105 Å². The normalized spacial score (nSPS) is 35.8. The van der Waals surface area contributed by atoms with Gasteiger partial charge in [-0.05, 0) is 39.2 Å². The fraction of sp³-hybridized carbons (Fsp3) is 1.00. The van der Waals surface area contributed by atoms with E-state index in [1.165, 1.54) is 38.5 Å². The number of ether oxygens (including phenoxy) is 1. The van der Waals surface area contributed by atoms with Crippen LogP contribution in [0.3, 0.4) is 0 Å². The van der Waals surface area contributed by atoms with Crippen molar-refractivity contribution in [1.29, 1.82) is 0 Å². The summed E-state index contributed by atoms with van der Waals surface area (Å²) in [5, 5.41) is 10.2. The smallest absolute Gasteiger partial charge is 0.0702 e. The highest BCUT2D eigenvalue weighted by Gasteiger charge is 2.27. The maximum Gasteiger partial charge on any atom is 0.0702 e. The summed E-state index contributed by atoms with van der Waals surface area (Å²) < 4.78 is 5.78. The maximum atomic E-state index is 10.2. The van der Waals surface area contributed by atoms with Crippen molar-refractivity contribution in [2.45, 2.75) is 69.6 Å². The predicted octanol–water partition coefficient (Wildman–Crippen LogP) is 2.18. The summed E-state index contributed by atoms with van der Waals surface area (Å²) in [4.78, 5) is 2.34. The molecule has 0 aromatic carbocycles. The van der Waals surface area contributed by atoms with Crippen LogP contribution in [0.2, 0.25) is 0 Å². The number of hydrogen-bond donors (Lipinski definition) is 1. The number of aliphatic hydroxyl groups excluding tert-OH is 1. The van der Waals surface area contributed by atoms with Gasteiger partial charge in [0.1, 0.15) is 0 Å². The van der Waals surface area contributed by atoms with E-state index in [0.717, 1.165) is 26.0 Å². The van der Waals surface area contributed by atoms with Crippen LogP contribution in [0.4, 0.5) is 0 Å². The lowest BCUT2D eigenvalue weighted by atomic mass is 10.0. The summed E-state index contributed by atoms with van der Waals surface area (Å²) >= 11 is 0. The maximum absolute atomic E-state index is 10.2. The van der Waals surface area contributed by atoms with Gasteiger partial charge in [0.15, 0.2) is 0 Å². The van der Waals surface area contributed by atoms with Crippen LogP contribution in [0, 0.1) is 0 Å². The van der Waals surface area contributed by atoms with Crippen molar-refractivity contribution in [3.8, 4) is 0 Å². The van der Waals surface area contributed by atoms with Gasteiger partial charge in [0.05, 0.1) is 12.2 Å². The van der Waals surface area contributed by atoms with E-state index in [0.29, 0.717) is 12.1 Å². The predicted molar refractivity (Wildman–Crippen MR) is 69.1 cm³/mol. The molecule has 0 bridgehead atoms. The van der Waals surface area contributed by atoms with E-state index in [-0.39, 0.29) is 6.10 Å². The summed E-state index contributed by atoms with van der Waals surface area (Å²) in [5.41, 5.74) is 0. The van der Waals surface area contributed by atoms with Crippen molar-refractivity contribution in [3.05, 3.63) is 0 Å². The average molecular weight is 241 g/mol. The van der Waals surface area contributed by atoms with Crippen molar-refractivity contribution >= 4 is 0 Å². The van der Waals surface area contributed by atoms with Gasteiger partial charge in [-0.25, -0.2) is 0 Å². The number of hydrogen-bond acceptors (Lipinski definition) is 3. The molecule has 2 aliphatic rings. The fourth-order valence-corrected chi connectivity index (χ4v) is 3.19. The minimum Gasteiger partial charge on any atom is -0.391 e. The summed E-state index contributed by atoms with van der Waals surface area (Å²) in [5.74, 6) is 0. The van der Waals surface area contributed by atoms with E-state index < -0.39 is 0 Å². The number of rotatable bonds is 3. The van der Waals surface area contributed by atoms with Gasteiger partial charge in [-0.2, -0.15) is 0 Å². The Balaban J connectivity index is 1.81. The Hall–Kier alpha value is -0.120. The van der Waals surface area contributed by atoms with Crippen molar-refractivity contribution in [3.63, 3.8) is 0 Å². The molecule has 2 fully saturated rings. The van der Waals surface area contributed by atoms with Crippen LogP contribution in [-0.4, -0.2) is 48.5 Å². The Bertz CT molecular complexity index is 216. The number of nitrogens with zero attached hydrogens (tertiary/aromatic N) is 1. The molecule has 0 radical (unpaired) electrons. The number of aliphatic hydroxyl groups is 1. The highest BCUT2D eigenvalue weighted by molar-refractivity contribution is 4.82. The third-order valence-corrected chi connectivity index (χ3v) is 4.28. The van der Waals surface area contributed by atoms with Gasteiger partial charge in [0, 0.05) is 19.2 Å². The Morgan fingerprint density at radius 1 is 1.06 bits per heavy atom. The summed E-state index contributed by atoms with van der Waals surface area (Å²) in [6.45, 7) is 1.91. The fourth-order valence-electron chi connectivity index (χ4n) is 3.19. The van der Waals surface area contributed by atoms with Gasteiger partial charge in [0.25, 0.3) is 0 Å². The molecule has 1 heterocycles. The molecule has 2 rings (SSSR count). The second kappa shape index (κ2) is 6.72. The molecule has 1 saturated carbocycles. The molecule has 1 aliphatic carbocycles. The molecule has 1 aliphatic heterocycles. The molecular formula is C14H27NO2. The second-order valence-electron chi connectivity index (χ2n) is 5.70. The molecule has 3 nitrogen and oxygen atoms in total. The highest BCUT2D eigenvalue weighted by atomic mass is 16.5. The first-order chi connectivity index (χ1) is 8.27. The molecule has 3 atom stereocenters. The number of likely N-dealkylation sites (N-methyl/N-ethyl adjacent to an activating group) is 1. The summed E-state index contributed by atoms with van der Waals surface area (Å²) in [7, 11) is 2.15. The van der Waals surface area contributed by atoms with Crippen LogP contribution in [0.5, 0.6) is 0 Å². The third kappa shape index (κ3) is 3.94. The van der Waals surface area contributed by atoms with Crippen LogP contribution < -0.4 is 0 Å². The van der Waals surface area contributed by atoms with Crippen molar-refractivity contribution in [1.82, 2.24) is 4.90 Å². The zero-order valence-electron chi connectivity index (χ0n) is 11.1. The SMILES string of the molecule is CN(CC1CCCCO1)C1CCCCCC1O. The van der Waals surface area contributed by atoms with E-state index in [1.54, 1.807) is 0 Å². The van der Waals surface area contributed by atoms with E-state index in [9.17, 15) is 5.11 Å². The van der Waals surface area contributed by atoms with E-state index in [1.807, 2.05) is 0 Å². The minimum atomic E-state index is -0.133. The zero-order chi connectivity index (χ0) is 12.1. The first kappa shape index (κ1) is 13.3. The van der Waals surface area contributed by atoms with Crippen LogP contribution in [0.25, 0.3) is 0 Å². The first-order valence-corrected chi connectivity index (χ1v) is 7.27. The molecule has 0 amide bonds. The van der Waals surface area contributed by atoms with Crippen molar-refractivity contribution in [2.75, 3.05) is 20.2 Å². The van der Waals surface area contributed by atoms with Crippen LogP contribution in [0.1, 0.15) is 51.4 Å². The average Bonchev–Trinajstić information content (AvgIpc) is 2.55. The Morgan fingerprint density at radius 3 is 2.59 bits per heavy atom. The third-order valence-electron chi connectivity index (χ3n) is 4.28. The Morgan fingerprint density at radius 2 is 1.82 bits per heavy atom. The lowest BCUT2D eigenvalue weighted by Gasteiger charge is -2.34. The van der Waals surface area contributed by atoms with Gasteiger partial charge < -0.3 is 9.84 Å². The van der Waals surface area contributed by atoms with E-state index in [2.05, 4.69) is 11.9 Å². The monoisotopic (exact) mass is 241 g/mol. The lowest BCUT2D eigenvalue weighted by molar-refractivity contribution is -0.0243. The quantitative estimate of drug-likeness (QED) is 0.769. The first-order valence-electron chi connectivity index (χ1n) is 7.27. The molecule has 1 saturated heterocycles. The molecular weight excluding hydrogens is 214 g/mol. The standard InChI is InChI=1S/C14H27NO2/c1-15(11-12-7-5-6-10-17-12)13-8-3-2-4-9-14(13)16/h12-14,16H,2-11H2,1H3. The van der Waals surface area contributed by atoms with Crippen molar-refractivity contribution in [2.24, 2.45) is 0 Å². The van der Waals surface area contributed by atoms with Gasteiger partial charge in [-0.3, -0.25) is 4.90 Å². The summed E-state index contributed by atoms with van der Waals surface area (Å²) in [6, 6.07) is 0.350. The van der Waals surface area contributed by atoms with E-state index in [4.69, 9.17) is 4.74 Å². The highest BCUT2D eigenvalue weighted by Crippen LogP contribution is 2.23.